The molecule has 2 aliphatic rings. The molecule has 35 heavy (non-hydrogen) atoms. The summed E-state index contributed by atoms with van der Waals surface area (Å²) < 4.78 is 5.79. The molecule has 0 atom stereocenters. The van der Waals surface area contributed by atoms with E-state index in [-0.39, 0.29) is 5.91 Å². The summed E-state index contributed by atoms with van der Waals surface area (Å²) in [5.41, 5.74) is 3.22. The van der Waals surface area contributed by atoms with E-state index in [1.807, 2.05) is 53.4 Å². The third-order valence-electron chi connectivity index (χ3n) is 6.04. The van der Waals surface area contributed by atoms with Crippen LogP contribution in [-0.4, -0.2) is 58.9 Å². The van der Waals surface area contributed by atoms with Crippen LogP contribution in [0, 0.1) is 11.3 Å². The molecule has 1 fully saturated rings. The number of likely N-dealkylation sites (N-methyl/N-ethyl adjacent to an activating group) is 1. The van der Waals surface area contributed by atoms with Crippen LogP contribution in [0.15, 0.2) is 66.7 Å². The molecule has 2 N–H and O–H groups in total. The largest absolute Gasteiger partial charge is 0.437 e. The summed E-state index contributed by atoms with van der Waals surface area (Å²) >= 11 is 0. The van der Waals surface area contributed by atoms with Crippen molar-refractivity contribution < 1.29 is 9.53 Å². The normalized spacial score (nSPS) is 16.5. The van der Waals surface area contributed by atoms with Crippen LogP contribution in [0.5, 0.6) is 5.75 Å². The van der Waals surface area contributed by atoms with Gasteiger partial charge in [-0.1, -0.05) is 24.3 Å². The topological polar surface area (TPSA) is 106 Å². The summed E-state index contributed by atoms with van der Waals surface area (Å²) in [5.74, 6) is 1.47. The average Bonchev–Trinajstić information content (AvgIpc) is 3.32. The fraction of sp³-hybridized carbons (Fsp3) is 0.231. The fourth-order valence-electron chi connectivity index (χ4n) is 3.98. The first kappa shape index (κ1) is 22.4. The minimum atomic E-state index is 0.0654. The fourth-order valence-corrected chi connectivity index (χ4v) is 3.98. The highest BCUT2D eigenvalue weighted by Crippen LogP contribution is 2.35. The second kappa shape index (κ2) is 9.83. The molecule has 5 rings (SSSR count). The highest BCUT2D eigenvalue weighted by molar-refractivity contribution is 5.94. The monoisotopic (exact) mass is 467 g/mol. The molecule has 0 unspecified atom stereocenters. The van der Waals surface area contributed by atoms with E-state index in [9.17, 15) is 10.1 Å². The van der Waals surface area contributed by atoms with Crippen LogP contribution in [0.1, 0.15) is 21.6 Å². The maximum absolute atomic E-state index is 12.7. The van der Waals surface area contributed by atoms with Crippen molar-refractivity contribution in [3.8, 4) is 11.8 Å². The second-order valence-electron chi connectivity index (χ2n) is 8.45. The molecular formula is C26H25N7O2. The van der Waals surface area contributed by atoms with Crippen molar-refractivity contribution in [2.24, 2.45) is 0 Å². The lowest BCUT2D eigenvalue weighted by atomic mass is 10.1. The quantitative estimate of drug-likeness (QED) is 0.551. The van der Waals surface area contributed by atoms with Crippen molar-refractivity contribution >= 4 is 23.1 Å². The number of amides is 1. The van der Waals surface area contributed by atoms with E-state index in [1.165, 1.54) is 0 Å². The number of rotatable bonds is 5. The molecule has 0 aliphatic carbocycles. The van der Waals surface area contributed by atoms with E-state index in [0.717, 1.165) is 37.4 Å². The predicted octanol–water partition coefficient (Wildman–Crippen LogP) is 3.17. The Hall–Kier alpha value is -4.42. The van der Waals surface area contributed by atoms with Gasteiger partial charge in [0.15, 0.2) is 5.75 Å². The van der Waals surface area contributed by atoms with Crippen LogP contribution in [0.4, 0.5) is 11.6 Å². The molecular weight excluding hydrogens is 442 g/mol. The summed E-state index contributed by atoms with van der Waals surface area (Å²) in [6.45, 7) is 3.77. The minimum absolute atomic E-state index is 0.0654. The number of hydrogen-bond acceptors (Lipinski definition) is 8. The highest BCUT2D eigenvalue weighted by Gasteiger charge is 2.22. The van der Waals surface area contributed by atoms with Gasteiger partial charge in [-0.05, 0) is 42.9 Å². The summed E-state index contributed by atoms with van der Waals surface area (Å²) in [4.78, 5) is 25.6. The van der Waals surface area contributed by atoms with Gasteiger partial charge in [0.25, 0.3) is 5.91 Å². The van der Waals surface area contributed by atoms with Crippen LogP contribution >= 0.6 is 0 Å². The number of anilines is 2. The molecule has 9 nitrogen and oxygen atoms in total. The van der Waals surface area contributed by atoms with Gasteiger partial charge in [-0.25, -0.2) is 9.97 Å². The molecule has 1 amide bonds. The zero-order chi connectivity index (χ0) is 24.2. The van der Waals surface area contributed by atoms with Crippen molar-refractivity contribution in [3.05, 3.63) is 83.5 Å². The molecule has 0 spiro atoms. The number of nitrogens with one attached hydrogen (secondary N) is 2. The molecule has 2 aromatic carbocycles. The van der Waals surface area contributed by atoms with Crippen LogP contribution in [0.3, 0.4) is 0 Å². The zero-order valence-corrected chi connectivity index (χ0v) is 19.4. The molecule has 2 aliphatic heterocycles. The lowest BCUT2D eigenvalue weighted by Gasteiger charge is -2.32. The smallest absolute Gasteiger partial charge is 0.253 e. The van der Waals surface area contributed by atoms with Crippen LogP contribution in [-0.2, 0) is 6.54 Å². The number of aromatic nitrogens is 2. The van der Waals surface area contributed by atoms with E-state index < -0.39 is 0 Å². The SMILES string of the molecule is CN1CCN(C(=O)c2ccc(CNc3nccc(C(C#N)=C4Nc5ccccc5O4)n3)cc2)CC1. The first-order chi connectivity index (χ1) is 17.1. The Morgan fingerprint density at radius 3 is 2.63 bits per heavy atom. The number of carbonyl (C=O) groups excluding carboxylic acids is 1. The summed E-state index contributed by atoms with van der Waals surface area (Å²) in [5, 5.41) is 16.1. The molecule has 3 aromatic rings. The van der Waals surface area contributed by atoms with Gasteiger partial charge in [0.2, 0.25) is 11.8 Å². The molecule has 0 bridgehead atoms. The Balaban J connectivity index is 1.24. The maximum atomic E-state index is 12.7. The Bertz CT molecular complexity index is 1280. The van der Waals surface area contributed by atoms with E-state index in [4.69, 9.17) is 4.74 Å². The number of nitriles is 1. The lowest BCUT2D eigenvalue weighted by molar-refractivity contribution is 0.0664. The van der Waals surface area contributed by atoms with E-state index in [2.05, 4.69) is 38.6 Å². The summed E-state index contributed by atoms with van der Waals surface area (Å²) in [7, 11) is 2.07. The van der Waals surface area contributed by atoms with Gasteiger partial charge in [-0.3, -0.25) is 4.79 Å². The van der Waals surface area contributed by atoms with E-state index in [1.54, 1.807) is 12.3 Å². The lowest BCUT2D eigenvalue weighted by Crippen LogP contribution is -2.47. The molecule has 1 aromatic heterocycles. The Kier molecular flexibility index (Phi) is 6.28. The first-order valence-electron chi connectivity index (χ1n) is 11.4. The number of benzene rings is 2. The number of para-hydroxylation sites is 2. The van der Waals surface area contributed by atoms with Gasteiger partial charge in [-0.15, -0.1) is 0 Å². The number of nitrogens with zero attached hydrogens (tertiary/aromatic N) is 5. The Morgan fingerprint density at radius 1 is 1.11 bits per heavy atom. The van der Waals surface area contributed by atoms with E-state index >= 15 is 0 Å². The minimum Gasteiger partial charge on any atom is -0.437 e. The number of piperazine rings is 1. The van der Waals surface area contributed by atoms with Gasteiger partial charge < -0.3 is 25.2 Å². The van der Waals surface area contributed by atoms with Crippen molar-refractivity contribution in [3.63, 3.8) is 0 Å². The van der Waals surface area contributed by atoms with Crippen molar-refractivity contribution in [1.29, 1.82) is 5.26 Å². The summed E-state index contributed by atoms with van der Waals surface area (Å²) in [6, 6.07) is 18.9. The third kappa shape index (κ3) is 4.93. The van der Waals surface area contributed by atoms with Gasteiger partial charge in [0, 0.05) is 44.5 Å². The van der Waals surface area contributed by atoms with Crippen LogP contribution in [0.25, 0.3) is 5.57 Å². The van der Waals surface area contributed by atoms with Crippen molar-refractivity contribution in [2.75, 3.05) is 43.9 Å². The Labute approximate surface area is 203 Å². The van der Waals surface area contributed by atoms with Gasteiger partial charge in [0.05, 0.1) is 11.4 Å². The number of allylic oxidation sites excluding steroid dienone is 1. The summed E-state index contributed by atoms with van der Waals surface area (Å²) in [6.07, 6.45) is 1.60. The maximum Gasteiger partial charge on any atom is 0.253 e. The van der Waals surface area contributed by atoms with E-state index in [0.29, 0.717) is 41.0 Å². The van der Waals surface area contributed by atoms with Crippen molar-refractivity contribution in [2.45, 2.75) is 6.54 Å². The average molecular weight is 468 g/mol. The molecule has 3 heterocycles. The number of fused-ring (bicyclic) bond motifs is 1. The molecule has 9 heteroatoms. The van der Waals surface area contributed by atoms with Crippen molar-refractivity contribution in [1.82, 2.24) is 19.8 Å². The Morgan fingerprint density at radius 2 is 1.89 bits per heavy atom. The molecule has 1 saturated heterocycles. The third-order valence-corrected chi connectivity index (χ3v) is 6.04. The standard InChI is InChI=1S/C26H25N7O2/c1-32-12-14-33(15-13-32)25(34)19-8-6-18(7-9-19)17-29-26-28-11-10-21(31-26)20(16-27)24-30-22-4-2-3-5-23(22)35-24/h2-11,30H,12-15,17H2,1H3,(H,28,29,31). The number of carbonyl (C=O) groups is 1. The highest BCUT2D eigenvalue weighted by atomic mass is 16.5. The molecule has 0 radical (unpaired) electrons. The van der Waals surface area contributed by atoms with Gasteiger partial charge in [-0.2, -0.15) is 5.26 Å². The first-order valence-corrected chi connectivity index (χ1v) is 11.4. The zero-order valence-electron chi connectivity index (χ0n) is 19.4. The van der Waals surface area contributed by atoms with Gasteiger partial charge in [0.1, 0.15) is 11.6 Å². The second-order valence-corrected chi connectivity index (χ2v) is 8.45. The van der Waals surface area contributed by atoms with Crippen LogP contribution < -0.4 is 15.4 Å². The number of hydrogen-bond donors (Lipinski definition) is 2. The molecule has 0 saturated carbocycles. The predicted molar refractivity (Wildman–Crippen MR) is 132 cm³/mol. The molecule has 176 valence electrons. The number of ether oxygens (including phenoxy) is 1. The van der Waals surface area contributed by atoms with Gasteiger partial charge >= 0.3 is 0 Å². The van der Waals surface area contributed by atoms with Crippen LogP contribution in [0.2, 0.25) is 0 Å².